The van der Waals surface area contributed by atoms with Crippen molar-refractivity contribution in [3.63, 3.8) is 0 Å². The molecule has 0 saturated carbocycles. The minimum absolute atomic E-state index is 0.124. The Morgan fingerprint density at radius 1 is 1.18 bits per heavy atom. The summed E-state index contributed by atoms with van der Waals surface area (Å²) in [5.41, 5.74) is 2.09. The van der Waals surface area contributed by atoms with Crippen molar-refractivity contribution >= 4 is 23.2 Å². The van der Waals surface area contributed by atoms with Crippen LogP contribution in [-0.4, -0.2) is 51.1 Å². The van der Waals surface area contributed by atoms with Gasteiger partial charge in [-0.3, -0.25) is 4.90 Å². The Bertz CT molecular complexity index is 888. The van der Waals surface area contributed by atoms with Crippen molar-refractivity contribution < 1.29 is 9.84 Å². The fourth-order valence-corrected chi connectivity index (χ4v) is 3.29. The number of aliphatic hydroxyl groups excluding tert-OH is 1. The Labute approximate surface area is 174 Å². The number of hydrogen-bond donors (Lipinski definition) is 1. The molecule has 0 aliphatic heterocycles. The van der Waals surface area contributed by atoms with Crippen LogP contribution in [-0.2, 0) is 0 Å². The molecule has 0 bridgehead atoms. The van der Waals surface area contributed by atoms with E-state index in [1.54, 1.807) is 29.2 Å². The lowest BCUT2D eigenvalue weighted by Crippen LogP contribution is -2.34. The Hall–Kier alpha value is -2.12. The van der Waals surface area contributed by atoms with E-state index in [0.717, 1.165) is 11.3 Å². The minimum atomic E-state index is -0.659. The molecule has 2 aromatic carbocycles. The molecular formula is C20H22Cl2N4O2. The topological polar surface area (TPSA) is 63.4 Å². The predicted molar refractivity (Wildman–Crippen MR) is 110 cm³/mol. The number of likely N-dealkylation sites (N-methyl/N-ethyl adjacent to an activating group) is 1. The Morgan fingerprint density at radius 3 is 2.57 bits per heavy atom. The van der Waals surface area contributed by atoms with Crippen molar-refractivity contribution in [3.8, 4) is 11.4 Å². The SMILES string of the molecule is CC(c1ccc(-n2cncn2)cc1)N(C)CC(O)COc1ccc(Cl)cc1Cl. The number of ether oxygens (including phenoxy) is 1. The molecule has 3 rings (SSSR count). The fourth-order valence-electron chi connectivity index (χ4n) is 2.82. The fraction of sp³-hybridized carbons (Fsp3) is 0.300. The van der Waals surface area contributed by atoms with Crippen LogP contribution < -0.4 is 4.74 Å². The molecule has 1 N–H and O–H groups in total. The largest absolute Gasteiger partial charge is 0.489 e. The van der Waals surface area contributed by atoms with Crippen molar-refractivity contribution in [1.29, 1.82) is 0 Å². The molecule has 1 heterocycles. The summed E-state index contributed by atoms with van der Waals surface area (Å²) < 4.78 is 7.32. The first-order valence-corrected chi connectivity index (χ1v) is 9.60. The molecule has 3 aromatic rings. The van der Waals surface area contributed by atoms with Gasteiger partial charge in [0, 0.05) is 17.6 Å². The Balaban J connectivity index is 1.53. The molecular weight excluding hydrogens is 399 g/mol. The molecule has 6 nitrogen and oxygen atoms in total. The van der Waals surface area contributed by atoms with Gasteiger partial charge in [0.2, 0.25) is 0 Å². The van der Waals surface area contributed by atoms with Crippen LogP contribution in [0, 0.1) is 0 Å². The van der Waals surface area contributed by atoms with Crippen molar-refractivity contribution in [2.24, 2.45) is 0 Å². The van der Waals surface area contributed by atoms with E-state index in [1.807, 2.05) is 19.2 Å². The van der Waals surface area contributed by atoms with Gasteiger partial charge in [-0.1, -0.05) is 35.3 Å². The molecule has 2 atom stereocenters. The highest BCUT2D eigenvalue weighted by atomic mass is 35.5. The van der Waals surface area contributed by atoms with Gasteiger partial charge in [0.05, 0.1) is 10.7 Å². The molecule has 2 unspecified atom stereocenters. The predicted octanol–water partition coefficient (Wildman–Crippen LogP) is 4.01. The number of benzene rings is 2. The first-order chi connectivity index (χ1) is 13.4. The third-order valence-electron chi connectivity index (χ3n) is 4.54. The number of rotatable bonds is 8. The van der Waals surface area contributed by atoms with Crippen LogP contribution in [0.4, 0.5) is 0 Å². The maximum Gasteiger partial charge on any atom is 0.138 e. The minimum Gasteiger partial charge on any atom is -0.489 e. The standard InChI is InChI=1S/C20H22Cl2N4O2/c1-14(15-3-6-17(7-4-15)26-13-23-12-24-26)25(2)10-18(27)11-28-20-8-5-16(21)9-19(20)22/h3-9,12-14,18,27H,10-11H2,1-2H3. The maximum absolute atomic E-state index is 10.3. The van der Waals surface area contributed by atoms with Crippen molar-refractivity contribution in [2.75, 3.05) is 20.2 Å². The second-order valence-electron chi connectivity index (χ2n) is 6.59. The van der Waals surface area contributed by atoms with Crippen molar-refractivity contribution in [2.45, 2.75) is 19.1 Å². The summed E-state index contributed by atoms with van der Waals surface area (Å²) in [4.78, 5) is 6.03. The van der Waals surface area contributed by atoms with E-state index in [1.165, 1.54) is 6.33 Å². The third-order valence-corrected chi connectivity index (χ3v) is 5.07. The average Bonchev–Trinajstić information content (AvgIpc) is 3.21. The monoisotopic (exact) mass is 420 g/mol. The first-order valence-electron chi connectivity index (χ1n) is 8.85. The normalized spacial score (nSPS) is 13.5. The van der Waals surface area contributed by atoms with E-state index >= 15 is 0 Å². The van der Waals surface area contributed by atoms with Gasteiger partial charge in [0.15, 0.2) is 0 Å². The van der Waals surface area contributed by atoms with E-state index < -0.39 is 6.10 Å². The highest BCUT2D eigenvalue weighted by molar-refractivity contribution is 6.35. The summed E-state index contributed by atoms with van der Waals surface area (Å²) in [6.07, 6.45) is 2.51. The van der Waals surface area contributed by atoms with Gasteiger partial charge in [0.1, 0.15) is 31.1 Å². The molecule has 28 heavy (non-hydrogen) atoms. The van der Waals surface area contributed by atoms with Gasteiger partial charge in [-0.2, -0.15) is 5.10 Å². The summed E-state index contributed by atoms with van der Waals surface area (Å²) >= 11 is 12.0. The Morgan fingerprint density at radius 2 is 1.93 bits per heavy atom. The summed E-state index contributed by atoms with van der Waals surface area (Å²) in [5.74, 6) is 0.504. The molecule has 8 heteroatoms. The summed E-state index contributed by atoms with van der Waals surface area (Å²) in [7, 11) is 1.97. The van der Waals surface area contributed by atoms with Gasteiger partial charge in [-0.25, -0.2) is 9.67 Å². The molecule has 0 amide bonds. The first kappa shape index (κ1) is 20.6. The van der Waals surface area contributed by atoms with Gasteiger partial charge in [0.25, 0.3) is 0 Å². The molecule has 0 radical (unpaired) electrons. The lowest BCUT2D eigenvalue weighted by molar-refractivity contribution is 0.0654. The van der Waals surface area contributed by atoms with Crippen LogP contribution in [0.5, 0.6) is 5.75 Å². The highest BCUT2D eigenvalue weighted by Gasteiger charge is 2.16. The zero-order valence-electron chi connectivity index (χ0n) is 15.7. The van der Waals surface area contributed by atoms with Crippen LogP contribution >= 0.6 is 23.2 Å². The van der Waals surface area contributed by atoms with Crippen molar-refractivity contribution in [1.82, 2.24) is 19.7 Å². The molecule has 0 aliphatic rings. The zero-order valence-corrected chi connectivity index (χ0v) is 17.2. The summed E-state index contributed by atoms with van der Waals surface area (Å²) in [5, 5.41) is 15.4. The van der Waals surface area contributed by atoms with Crippen molar-refractivity contribution in [3.05, 3.63) is 70.7 Å². The summed E-state index contributed by atoms with van der Waals surface area (Å²) in [6, 6.07) is 13.2. The molecule has 0 spiro atoms. The van der Waals surface area contributed by atoms with Crippen LogP contribution in [0.1, 0.15) is 18.5 Å². The number of hydrogen-bond acceptors (Lipinski definition) is 5. The second-order valence-corrected chi connectivity index (χ2v) is 7.43. The number of nitrogens with zero attached hydrogens (tertiary/aromatic N) is 4. The number of halogens is 2. The zero-order chi connectivity index (χ0) is 20.1. The lowest BCUT2D eigenvalue weighted by atomic mass is 10.1. The molecule has 1 aromatic heterocycles. The molecule has 148 valence electrons. The van der Waals surface area contributed by atoms with E-state index in [0.29, 0.717) is 22.3 Å². The Kier molecular flexibility index (Phi) is 6.91. The van der Waals surface area contributed by atoms with E-state index in [-0.39, 0.29) is 12.6 Å². The van der Waals surface area contributed by atoms with E-state index in [4.69, 9.17) is 27.9 Å². The molecule has 0 saturated heterocycles. The van der Waals surface area contributed by atoms with Crippen LogP contribution in [0.2, 0.25) is 10.0 Å². The maximum atomic E-state index is 10.3. The average molecular weight is 421 g/mol. The third kappa shape index (κ3) is 5.23. The van der Waals surface area contributed by atoms with Gasteiger partial charge >= 0.3 is 0 Å². The summed E-state index contributed by atoms with van der Waals surface area (Å²) in [6.45, 7) is 2.69. The van der Waals surface area contributed by atoms with E-state index in [9.17, 15) is 5.11 Å². The lowest BCUT2D eigenvalue weighted by Gasteiger charge is -2.27. The van der Waals surface area contributed by atoms with Crippen LogP contribution in [0.3, 0.4) is 0 Å². The molecule has 0 aliphatic carbocycles. The van der Waals surface area contributed by atoms with Gasteiger partial charge < -0.3 is 9.84 Å². The molecule has 0 fully saturated rings. The van der Waals surface area contributed by atoms with Gasteiger partial charge in [-0.05, 0) is 49.9 Å². The highest BCUT2D eigenvalue weighted by Crippen LogP contribution is 2.27. The van der Waals surface area contributed by atoms with Crippen LogP contribution in [0.25, 0.3) is 5.69 Å². The second kappa shape index (κ2) is 9.39. The van der Waals surface area contributed by atoms with E-state index in [2.05, 4.69) is 34.0 Å². The van der Waals surface area contributed by atoms with Gasteiger partial charge in [-0.15, -0.1) is 0 Å². The number of aliphatic hydroxyl groups is 1. The smallest absolute Gasteiger partial charge is 0.138 e. The quantitative estimate of drug-likeness (QED) is 0.596. The number of aromatic nitrogens is 3. The van der Waals surface area contributed by atoms with Crippen LogP contribution in [0.15, 0.2) is 55.1 Å².